The molecule has 1 unspecified atom stereocenters. The Morgan fingerprint density at radius 2 is 0.750 bits per heavy atom. The van der Waals surface area contributed by atoms with Gasteiger partial charge < -0.3 is 20.4 Å². The van der Waals surface area contributed by atoms with Gasteiger partial charge in [0.25, 0.3) is 0 Å². The lowest BCUT2D eigenvalue weighted by Crippen LogP contribution is -2.12. The van der Waals surface area contributed by atoms with Gasteiger partial charge in [0, 0.05) is 5.92 Å². The van der Waals surface area contributed by atoms with E-state index in [9.17, 15) is 20.4 Å². The fraction of sp³-hybridized carbons (Fsp3) is 0.100. The summed E-state index contributed by atoms with van der Waals surface area (Å²) in [5, 5.41) is 39.4. The number of aliphatic hydroxyl groups excluding tert-OH is 1. The summed E-state index contributed by atoms with van der Waals surface area (Å²) in [5.41, 5.74) is 2.33. The van der Waals surface area contributed by atoms with E-state index in [0.717, 1.165) is 11.1 Å². The second-order valence-corrected chi connectivity index (χ2v) is 5.70. The summed E-state index contributed by atoms with van der Waals surface area (Å²) < 4.78 is 0. The van der Waals surface area contributed by atoms with Crippen LogP contribution in [0.5, 0.6) is 17.2 Å². The molecule has 0 fully saturated rings. The molecule has 4 heteroatoms. The zero-order chi connectivity index (χ0) is 17.1. The smallest absolute Gasteiger partial charge is 0.115 e. The van der Waals surface area contributed by atoms with Crippen molar-refractivity contribution in [2.45, 2.75) is 12.0 Å². The summed E-state index contributed by atoms with van der Waals surface area (Å²) in [6.45, 7) is 0. The van der Waals surface area contributed by atoms with Gasteiger partial charge in [-0.1, -0.05) is 36.4 Å². The molecule has 1 atom stereocenters. The largest absolute Gasteiger partial charge is 0.508 e. The first-order chi connectivity index (χ1) is 11.5. The Kier molecular flexibility index (Phi) is 4.40. The highest BCUT2D eigenvalue weighted by Gasteiger charge is 2.24. The third-order valence-electron chi connectivity index (χ3n) is 4.05. The first-order valence-electron chi connectivity index (χ1n) is 7.59. The van der Waals surface area contributed by atoms with Crippen molar-refractivity contribution in [1.82, 2.24) is 0 Å². The van der Waals surface area contributed by atoms with Crippen molar-refractivity contribution in [3.63, 3.8) is 0 Å². The highest BCUT2D eigenvalue weighted by molar-refractivity contribution is 5.41. The van der Waals surface area contributed by atoms with E-state index in [1.54, 1.807) is 60.7 Å². The predicted molar refractivity (Wildman–Crippen MR) is 91.1 cm³/mol. The molecule has 4 N–H and O–H groups in total. The minimum atomic E-state index is -0.848. The molecule has 3 rings (SSSR count). The number of hydrogen-bond acceptors (Lipinski definition) is 4. The van der Waals surface area contributed by atoms with Crippen LogP contribution in [0.2, 0.25) is 0 Å². The number of aliphatic hydroxyl groups is 1. The molecule has 24 heavy (non-hydrogen) atoms. The summed E-state index contributed by atoms with van der Waals surface area (Å²) in [6.07, 6.45) is -0.848. The molecule has 4 nitrogen and oxygen atoms in total. The molecule has 0 spiro atoms. The second kappa shape index (κ2) is 6.64. The Morgan fingerprint density at radius 3 is 1.08 bits per heavy atom. The van der Waals surface area contributed by atoms with Crippen LogP contribution in [0.15, 0.2) is 72.8 Å². The van der Waals surface area contributed by atoms with Gasteiger partial charge in [-0.2, -0.15) is 0 Å². The van der Waals surface area contributed by atoms with Gasteiger partial charge in [0.2, 0.25) is 0 Å². The van der Waals surface area contributed by atoms with Gasteiger partial charge in [-0.25, -0.2) is 0 Å². The van der Waals surface area contributed by atoms with E-state index >= 15 is 0 Å². The average Bonchev–Trinajstić information content (AvgIpc) is 2.59. The molecular formula is C20H18O4. The fourth-order valence-corrected chi connectivity index (χ4v) is 2.78. The van der Waals surface area contributed by atoms with E-state index < -0.39 is 6.10 Å². The highest BCUT2D eigenvalue weighted by atomic mass is 16.3. The standard InChI is InChI=1S/C20H18O4/c21-16-7-1-13(2-8-16)19(14-3-9-17(22)10-4-14)20(24)15-5-11-18(23)12-6-15/h1-12,19-24H. The van der Waals surface area contributed by atoms with Gasteiger partial charge in [0.1, 0.15) is 17.2 Å². The average molecular weight is 322 g/mol. The molecule has 122 valence electrons. The van der Waals surface area contributed by atoms with E-state index in [1.807, 2.05) is 0 Å². The topological polar surface area (TPSA) is 80.9 Å². The highest BCUT2D eigenvalue weighted by Crippen LogP contribution is 2.38. The summed E-state index contributed by atoms with van der Waals surface area (Å²) in [6, 6.07) is 19.8. The fourth-order valence-electron chi connectivity index (χ4n) is 2.78. The number of phenols is 3. The Hall–Kier alpha value is -2.98. The van der Waals surface area contributed by atoms with Crippen LogP contribution in [0.3, 0.4) is 0 Å². The maximum atomic E-state index is 10.9. The van der Waals surface area contributed by atoms with Crippen LogP contribution in [-0.2, 0) is 0 Å². The van der Waals surface area contributed by atoms with Gasteiger partial charge in [0.15, 0.2) is 0 Å². The molecule has 0 saturated carbocycles. The van der Waals surface area contributed by atoms with Gasteiger partial charge in [-0.3, -0.25) is 0 Å². The third-order valence-corrected chi connectivity index (χ3v) is 4.05. The number of phenolic OH excluding ortho intramolecular Hbond substituents is 3. The van der Waals surface area contributed by atoms with E-state index in [2.05, 4.69) is 0 Å². The Morgan fingerprint density at radius 1 is 0.458 bits per heavy atom. The molecule has 0 aliphatic heterocycles. The number of rotatable bonds is 4. The predicted octanol–water partition coefficient (Wildman–Crippen LogP) is 3.67. The third kappa shape index (κ3) is 3.34. The van der Waals surface area contributed by atoms with Gasteiger partial charge in [-0.05, 0) is 53.1 Å². The maximum absolute atomic E-state index is 10.9. The van der Waals surface area contributed by atoms with Crippen molar-refractivity contribution < 1.29 is 20.4 Å². The zero-order valence-electron chi connectivity index (χ0n) is 12.9. The quantitative estimate of drug-likeness (QED) is 0.591. The Balaban J connectivity index is 2.05. The van der Waals surface area contributed by atoms with Crippen LogP contribution >= 0.6 is 0 Å². The SMILES string of the molecule is Oc1ccc(C(O)C(c2ccc(O)cc2)c2ccc(O)cc2)cc1. The first kappa shape index (κ1) is 15.9. The lowest BCUT2D eigenvalue weighted by atomic mass is 9.83. The molecular weight excluding hydrogens is 304 g/mol. The van der Waals surface area contributed by atoms with Crippen molar-refractivity contribution in [2.24, 2.45) is 0 Å². The Labute approximate surface area is 139 Å². The number of benzene rings is 3. The molecule has 0 radical (unpaired) electrons. The zero-order valence-corrected chi connectivity index (χ0v) is 12.9. The van der Waals surface area contributed by atoms with E-state index in [-0.39, 0.29) is 23.2 Å². The van der Waals surface area contributed by atoms with Crippen molar-refractivity contribution >= 4 is 0 Å². The van der Waals surface area contributed by atoms with Crippen LogP contribution in [-0.4, -0.2) is 20.4 Å². The molecule has 0 saturated heterocycles. The van der Waals surface area contributed by atoms with Crippen molar-refractivity contribution in [3.8, 4) is 17.2 Å². The maximum Gasteiger partial charge on any atom is 0.115 e. The lowest BCUT2D eigenvalue weighted by molar-refractivity contribution is 0.159. The van der Waals surface area contributed by atoms with E-state index in [0.29, 0.717) is 5.56 Å². The van der Waals surface area contributed by atoms with E-state index in [4.69, 9.17) is 0 Å². The minimum absolute atomic E-state index is 0.136. The summed E-state index contributed by atoms with van der Waals surface area (Å²) in [5.74, 6) is 0.0668. The van der Waals surface area contributed by atoms with Crippen molar-refractivity contribution in [2.75, 3.05) is 0 Å². The van der Waals surface area contributed by atoms with E-state index in [1.165, 1.54) is 12.1 Å². The normalized spacial score (nSPS) is 12.2. The van der Waals surface area contributed by atoms with Crippen molar-refractivity contribution in [1.29, 1.82) is 0 Å². The number of hydrogen-bond donors (Lipinski definition) is 4. The van der Waals surface area contributed by atoms with Gasteiger partial charge >= 0.3 is 0 Å². The molecule has 0 aliphatic carbocycles. The second-order valence-electron chi connectivity index (χ2n) is 5.70. The molecule has 0 aliphatic rings. The molecule has 0 amide bonds. The lowest BCUT2D eigenvalue weighted by Gasteiger charge is -2.24. The monoisotopic (exact) mass is 322 g/mol. The van der Waals surface area contributed by atoms with Crippen LogP contribution in [0, 0.1) is 0 Å². The molecule has 3 aromatic rings. The summed E-state index contributed by atoms with van der Waals surface area (Å²) in [4.78, 5) is 0. The van der Waals surface area contributed by atoms with Gasteiger partial charge in [0.05, 0.1) is 6.10 Å². The van der Waals surface area contributed by atoms with Crippen LogP contribution in [0.25, 0.3) is 0 Å². The summed E-state index contributed by atoms with van der Waals surface area (Å²) >= 11 is 0. The number of aromatic hydroxyl groups is 3. The van der Waals surface area contributed by atoms with Crippen molar-refractivity contribution in [3.05, 3.63) is 89.5 Å². The molecule has 3 aromatic carbocycles. The first-order valence-corrected chi connectivity index (χ1v) is 7.59. The van der Waals surface area contributed by atoms with Crippen LogP contribution in [0.1, 0.15) is 28.7 Å². The molecule has 0 heterocycles. The molecule has 0 aromatic heterocycles. The van der Waals surface area contributed by atoms with Crippen LogP contribution in [0.4, 0.5) is 0 Å². The Bertz CT molecular complexity index is 747. The molecule has 0 bridgehead atoms. The van der Waals surface area contributed by atoms with Gasteiger partial charge in [-0.15, -0.1) is 0 Å². The van der Waals surface area contributed by atoms with Crippen LogP contribution < -0.4 is 0 Å². The summed E-state index contributed by atoms with van der Waals surface area (Å²) in [7, 11) is 0. The minimum Gasteiger partial charge on any atom is -0.508 e.